The topological polar surface area (TPSA) is 58.6 Å². The van der Waals surface area contributed by atoms with Crippen molar-refractivity contribution in [3.05, 3.63) is 52.5 Å². The molecule has 0 aliphatic heterocycles. The maximum absolute atomic E-state index is 11.1. The molecular weight excluding hydrogens is 338 g/mol. The minimum absolute atomic E-state index is 0.170. The van der Waals surface area contributed by atoms with E-state index in [9.17, 15) is 4.79 Å². The molecule has 1 atom stereocenters. The quantitative estimate of drug-likeness (QED) is 0.779. The number of ether oxygens (including phenoxy) is 1. The second kappa shape index (κ2) is 6.60. The molecule has 1 aliphatic rings. The molecule has 2 aromatic carbocycles. The number of hydrogen-bond donors (Lipinski definition) is 2. The molecule has 1 aliphatic carbocycles. The van der Waals surface area contributed by atoms with Crippen LogP contribution in [0.5, 0.6) is 5.75 Å². The molecule has 0 saturated carbocycles. The molecule has 0 spiro atoms. The number of hydrogen-bond acceptors (Lipinski definition) is 2. The lowest BCUT2D eigenvalue weighted by atomic mass is 9.85. The molecule has 0 heterocycles. The second-order valence-electron chi connectivity index (χ2n) is 7.04. The van der Waals surface area contributed by atoms with Crippen LogP contribution in [0.4, 0.5) is 4.79 Å². The van der Waals surface area contributed by atoms with Gasteiger partial charge in [0.1, 0.15) is 5.75 Å². The van der Waals surface area contributed by atoms with Crippen molar-refractivity contribution in [1.82, 2.24) is 5.32 Å². The third-order valence-corrected chi connectivity index (χ3v) is 5.04. The highest BCUT2D eigenvalue weighted by molar-refractivity contribution is 6.33. The van der Waals surface area contributed by atoms with Crippen LogP contribution in [0.3, 0.4) is 0 Å². The smallest absolute Gasteiger partial charge is 0.405 e. The number of rotatable bonds is 4. The van der Waals surface area contributed by atoms with E-state index < -0.39 is 6.09 Å². The molecule has 1 unspecified atom stereocenters. The van der Waals surface area contributed by atoms with E-state index in [1.54, 1.807) is 0 Å². The second-order valence-corrected chi connectivity index (χ2v) is 7.44. The number of carbonyl (C=O) groups is 1. The lowest BCUT2D eigenvalue weighted by Crippen LogP contribution is -2.34. The first-order valence-electron chi connectivity index (χ1n) is 8.37. The highest BCUT2D eigenvalue weighted by Crippen LogP contribution is 2.46. The summed E-state index contributed by atoms with van der Waals surface area (Å²) in [6.07, 6.45) is -0.188. The zero-order chi connectivity index (χ0) is 18.2. The van der Waals surface area contributed by atoms with Crippen molar-refractivity contribution >= 4 is 17.7 Å². The molecule has 0 saturated heterocycles. The van der Waals surface area contributed by atoms with Crippen LogP contribution in [0.1, 0.15) is 37.9 Å². The molecular formula is C20H22ClNO3. The van der Waals surface area contributed by atoms with E-state index in [2.05, 4.69) is 25.2 Å². The summed E-state index contributed by atoms with van der Waals surface area (Å²) in [6, 6.07) is 11.5. The fourth-order valence-electron chi connectivity index (χ4n) is 3.60. The minimum Gasteiger partial charge on any atom is -0.494 e. The van der Waals surface area contributed by atoms with E-state index in [4.69, 9.17) is 21.4 Å². The fourth-order valence-corrected chi connectivity index (χ4v) is 3.83. The van der Waals surface area contributed by atoms with Gasteiger partial charge in [-0.2, -0.15) is 0 Å². The first-order valence-corrected chi connectivity index (χ1v) is 8.74. The average Bonchev–Trinajstić information content (AvgIpc) is 2.78. The van der Waals surface area contributed by atoms with Gasteiger partial charge in [0.2, 0.25) is 0 Å². The first kappa shape index (κ1) is 17.6. The van der Waals surface area contributed by atoms with Crippen molar-refractivity contribution in [2.24, 2.45) is 5.41 Å². The molecule has 25 heavy (non-hydrogen) atoms. The summed E-state index contributed by atoms with van der Waals surface area (Å²) in [7, 11) is 0. The normalized spacial score (nSPS) is 17.8. The Bertz CT molecular complexity index is 817. The highest BCUT2D eigenvalue weighted by Gasteiger charge is 2.40. The third kappa shape index (κ3) is 3.45. The van der Waals surface area contributed by atoms with Crippen molar-refractivity contribution in [3.63, 3.8) is 0 Å². The van der Waals surface area contributed by atoms with E-state index in [0.717, 1.165) is 34.4 Å². The van der Waals surface area contributed by atoms with Gasteiger partial charge in [0.05, 0.1) is 12.6 Å². The number of benzene rings is 2. The molecule has 2 aromatic rings. The van der Waals surface area contributed by atoms with Gasteiger partial charge in [-0.3, -0.25) is 0 Å². The van der Waals surface area contributed by atoms with Crippen LogP contribution in [-0.2, 0) is 6.42 Å². The van der Waals surface area contributed by atoms with Gasteiger partial charge in [-0.1, -0.05) is 43.6 Å². The summed E-state index contributed by atoms with van der Waals surface area (Å²) in [5.74, 6) is 0.785. The molecule has 0 radical (unpaired) electrons. The molecule has 0 fully saturated rings. The van der Waals surface area contributed by atoms with Gasteiger partial charge in [0, 0.05) is 10.6 Å². The van der Waals surface area contributed by atoms with E-state index in [1.807, 2.05) is 37.3 Å². The maximum Gasteiger partial charge on any atom is 0.405 e. The standard InChI is InChI=1S/C20H22ClNO3/c1-4-25-14-6-8-17(21)16(10-14)12-5-7-15-13(9-12)11-20(2,3)18(15)22-19(23)24/h5-10,18,22H,4,11H2,1-3H3,(H,23,24). The fraction of sp³-hybridized carbons (Fsp3) is 0.350. The van der Waals surface area contributed by atoms with Crippen molar-refractivity contribution in [3.8, 4) is 16.9 Å². The molecule has 0 bridgehead atoms. The van der Waals surface area contributed by atoms with Crippen LogP contribution in [0.25, 0.3) is 11.1 Å². The van der Waals surface area contributed by atoms with Crippen LogP contribution >= 0.6 is 11.6 Å². The Balaban J connectivity index is 2.01. The summed E-state index contributed by atoms with van der Waals surface area (Å²) in [5, 5.41) is 12.5. The van der Waals surface area contributed by atoms with Gasteiger partial charge in [-0.25, -0.2) is 4.79 Å². The number of carboxylic acid groups (broad SMARTS) is 1. The predicted molar refractivity (Wildman–Crippen MR) is 99.4 cm³/mol. The van der Waals surface area contributed by atoms with Gasteiger partial charge in [0.15, 0.2) is 0 Å². The Hall–Kier alpha value is -2.20. The molecule has 2 N–H and O–H groups in total. The van der Waals surface area contributed by atoms with Crippen LogP contribution in [0.2, 0.25) is 5.02 Å². The van der Waals surface area contributed by atoms with E-state index >= 15 is 0 Å². The van der Waals surface area contributed by atoms with Gasteiger partial charge in [0.25, 0.3) is 0 Å². The highest BCUT2D eigenvalue weighted by atomic mass is 35.5. The first-order chi connectivity index (χ1) is 11.8. The molecule has 132 valence electrons. The Morgan fingerprint density at radius 1 is 1.32 bits per heavy atom. The zero-order valence-corrected chi connectivity index (χ0v) is 15.4. The Morgan fingerprint density at radius 3 is 2.76 bits per heavy atom. The zero-order valence-electron chi connectivity index (χ0n) is 14.6. The number of fused-ring (bicyclic) bond motifs is 1. The summed E-state index contributed by atoms with van der Waals surface area (Å²) in [6.45, 7) is 6.70. The summed E-state index contributed by atoms with van der Waals surface area (Å²) >= 11 is 6.39. The van der Waals surface area contributed by atoms with Crippen LogP contribution < -0.4 is 10.1 Å². The Morgan fingerprint density at radius 2 is 2.08 bits per heavy atom. The van der Waals surface area contributed by atoms with Crippen molar-refractivity contribution in [1.29, 1.82) is 0 Å². The molecule has 5 heteroatoms. The van der Waals surface area contributed by atoms with Crippen LogP contribution in [-0.4, -0.2) is 17.8 Å². The number of nitrogens with one attached hydrogen (secondary N) is 1. The maximum atomic E-state index is 11.1. The van der Waals surface area contributed by atoms with E-state index in [0.29, 0.717) is 11.6 Å². The van der Waals surface area contributed by atoms with E-state index in [1.165, 1.54) is 0 Å². The van der Waals surface area contributed by atoms with Crippen molar-refractivity contribution < 1.29 is 14.6 Å². The molecule has 3 rings (SSSR count). The summed E-state index contributed by atoms with van der Waals surface area (Å²) in [4.78, 5) is 11.1. The lowest BCUT2D eigenvalue weighted by Gasteiger charge is -2.27. The van der Waals surface area contributed by atoms with Gasteiger partial charge in [-0.05, 0) is 53.6 Å². The van der Waals surface area contributed by atoms with Gasteiger partial charge < -0.3 is 15.2 Å². The summed E-state index contributed by atoms with van der Waals surface area (Å²) in [5.41, 5.74) is 3.95. The van der Waals surface area contributed by atoms with Gasteiger partial charge in [-0.15, -0.1) is 0 Å². The molecule has 0 aromatic heterocycles. The third-order valence-electron chi connectivity index (χ3n) is 4.71. The molecule has 4 nitrogen and oxygen atoms in total. The number of amides is 1. The van der Waals surface area contributed by atoms with Crippen LogP contribution in [0.15, 0.2) is 36.4 Å². The molecule has 1 amide bonds. The monoisotopic (exact) mass is 359 g/mol. The minimum atomic E-state index is -0.998. The Labute approximate surface area is 152 Å². The Kier molecular flexibility index (Phi) is 4.65. The van der Waals surface area contributed by atoms with Gasteiger partial charge >= 0.3 is 6.09 Å². The largest absolute Gasteiger partial charge is 0.494 e. The SMILES string of the molecule is CCOc1ccc(Cl)c(-c2ccc3c(c2)CC(C)(C)C3NC(=O)O)c1. The summed E-state index contributed by atoms with van der Waals surface area (Å²) < 4.78 is 5.58. The van der Waals surface area contributed by atoms with Crippen molar-refractivity contribution in [2.45, 2.75) is 33.2 Å². The number of halogens is 1. The van der Waals surface area contributed by atoms with Crippen LogP contribution in [0, 0.1) is 5.41 Å². The average molecular weight is 360 g/mol. The predicted octanol–water partition coefficient (Wildman–Crippen LogP) is 5.30. The van der Waals surface area contributed by atoms with Crippen molar-refractivity contribution in [2.75, 3.05) is 6.61 Å². The lowest BCUT2D eigenvalue weighted by molar-refractivity contribution is 0.175. The van der Waals surface area contributed by atoms with E-state index in [-0.39, 0.29) is 11.5 Å².